The van der Waals surface area contributed by atoms with Gasteiger partial charge in [0, 0.05) is 31.2 Å². The summed E-state index contributed by atoms with van der Waals surface area (Å²) in [6, 6.07) is 2.87. The van der Waals surface area contributed by atoms with E-state index in [1.54, 1.807) is 0 Å². The standard InChI is InChI=1S/C14H25N3O/c1-4-15-8-12-7-14(18-11-12)10-17-6-5-13(9-17)16(2)3/h7,11,13,15H,4-6,8-10H2,1-3H3. The van der Waals surface area contributed by atoms with Crippen molar-refractivity contribution in [2.24, 2.45) is 0 Å². The van der Waals surface area contributed by atoms with E-state index in [0.29, 0.717) is 6.04 Å². The Balaban J connectivity index is 1.81. The zero-order valence-corrected chi connectivity index (χ0v) is 11.8. The summed E-state index contributed by atoms with van der Waals surface area (Å²) in [5, 5.41) is 3.31. The molecule has 1 unspecified atom stereocenters. The summed E-state index contributed by atoms with van der Waals surface area (Å²) in [4.78, 5) is 4.79. The fourth-order valence-electron chi connectivity index (χ4n) is 2.47. The van der Waals surface area contributed by atoms with Crippen LogP contribution in [0.1, 0.15) is 24.7 Å². The van der Waals surface area contributed by atoms with Gasteiger partial charge >= 0.3 is 0 Å². The lowest BCUT2D eigenvalue weighted by Crippen LogP contribution is -2.31. The molecule has 1 atom stereocenters. The van der Waals surface area contributed by atoms with E-state index in [1.807, 2.05) is 6.26 Å². The zero-order chi connectivity index (χ0) is 13.0. The number of likely N-dealkylation sites (tertiary alicyclic amines) is 1. The number of nitrogens with one attached hydrogen (secondary N) is 1. The third kappa shape index (κ3) is 3.57. The number of rotatable bonds is 6. The Morgan fingerprint density at radius 2 is 2.33 bits per heavy atom. The third-order valence-electron chi connectivity index (χ3n) is 3.64. The second kappa shape index (κ2) is 6.36. The lowest BCUT2D eigenvalue weighted by Gasteiger charge is -2.19. The van der Waals surface area contributed by atoms with Crippen LogP contribution in [0.15, 0.2) is 16.7 Å². The highest BCUT2D eigenvalue weighted by Crippen LogP contribution is 2.17. The van der Waals surface area contributed by atoms with Crippen molar-refractivity contribution in [1.82, 2.24) is 15.1 Å². The molecule has 1 aliphatic rings. The number of nitrogens with zero attached hydrogens (tertiary/aromatic N) is 2. The Bertz CT molecular complexity index is 362. The van der Waals surface area contributed by atoms with E-state index in [1.165, 1.54) is 18.5 Å². The van der Waals surface area contributed by atoms with Gasteiger partial charge in [0.25, 0.3) is 0 Å². The molecule has 1 aliphatic heterocycles. The fraction of sp³-hybridized carbons (Fsp3) is 0.714. The molecule has 0 amide bonds. The monoisotopic (exact) mass is 251 g/mol. The molecule has 0 spiro atoms. The zero-order valence-electron chi connectivity index (χ0n) is 11.8. The molecule has 1 aromatic rings. The van der Waals surface area contributed by atoms with Gasteiger partial charge in [0.1, 0.15) is 5.76 Å². The topological polar surface area (TPSA) is 31.7 Å². The highest BCUT2D eigenvalue weighted by Gasteiger charge is 2.24. The van der Waals surface area contributed by atoms with Crippen LogP contribution in [-0.2, 0) is 13.1 Å². The van der Waals surface area contributed by atoms with Crippen molar-refractivity contribution in [1.29, 1.82) is 0 Å². The van der Waals surface area contributed by atoms with Crippen LogP contribution in [-0.4, -0.2) is 49.6 Å². The molecular formula is C14H25N3O. The van der Waals surface area contributed by atoms with E-state index in [9.17, 15) is 0 Å². The smallest absolute Gasteiger partial charge is 0.118 e. The SMILES string of the molecule is CCNCc1coc(CN2CCC(N(C)C)C2)c1. The highest BCUT2D eigenvalue weighted by molar-refractivity contribution is 5.12. The molecule has 0 aliphatic carbocycles. The largest absolute Gasteiger partial charge is 0.468 e. The average Bonchev–Trinajstić information content (AvgIpc) is 2.96. The van der Waals surface area contributed by atoms with Crippen LogP contribution in [0.2, 0.25) is 0 Å². The van der Waals surface area contributed by atoms with E-state index in [0.717, 1.165) is 31.9 Å². The van der Waals surface area contributed by atoms with Crippen LogP contribution in [0.25, 0.3) is 0 Å². The average molecular weight is 251 g/mol. The van der Waals surface area contributed by atoms with Gasteiger partial charge in [-0.1, -0.05) is 6.92 Å². The second-order valence-electron chi connectivity index (χ2n) is 5.34. The molecule has 1 saturated heterocycles. The highest BCUT2D eigenvalue weighted by atomic mass is 16.3. The van der Waals surface area contributed by atoms with Gasteiger partial charge in [-0.25, -0.2) is 0 Å². The third-order valence-corrected chi connectivity index (χ3v) is 3.64. The maximum absolute atomic E-state index is 5.62. The van der Waals surface area contributed by atoms with Crippen molar-refractivity contribution in [3.05, 3.63) is 23.7 Å². The minimum Gasteiger partial charge on any atom is -0.468 e. The summed E-state index contributed by atoms with van der Waals surface area (Å²) in [6.45, 7) is 7.28. The summed E-state index contributed by atoms with van der Waals surface area (Å²) >= 11 is 0. The first-order valence-electron chi connectivity index (χ1n) is 6.84. The molecule has 102 valence electrons. The summed E-state index contributed by atoms with van der Waals surface area (Å²) in [7, 11) is 4.32. The first-order chi connectivity index (χ1) is 8.69. The Morgan fingerprint density at radius 1 is 1.50 bits per heavy atom. The molecule has 4 heteroatoms. The van der Waals surface area contributed by atoms with Gasteiger partial charge in [0.15, 0.2) is 0 Å². The van der Waals surface area contributed by atoms with E-state index in [2.05, 4.69) is 42.2 Å². The molecular weight excluding hydrogens is 226 g/mol. The quantitative estimate of drug-likeness (QED) is 0.831. The van der Waals surface area contributed by atoms with Crippen molar-refractivity contribution in [2.45, 2.75) is 32.5 Å². The summed E-state index contributed by atoms with van der Waals surface area (Å²) < 4.78 is 5.62. The molecule has 1 aromatic heterocycles. The molecule has 0 saturated carbocycles. The van der Waals surface area contributed by atoms with Gasteiger partial charge < -0.3 is 14.6 Å². The predicted molar refractivity (Wildman–Crippen MR) is 73.5 cm³/mol. The molecule has 4 nitrogen and oxygen atoms in total. The normalized spacial score (nSPS) is 21.0. The molecule has 18 heavy (non-hydrogen) atoms. The van der Waals surface area contributed by atoms with Gasteiger partial charge in [-0.2, -0.15) is 0 Å². The van der Waals surface area contributed by atoms with Crippen molar-refractivity contribution in [2.75, 3.05) is 33.7 Å². The number of hydrogen-bond acceptors (Lipinski definition) is 4. The lowest BCUT2D eigenvalue weighted by molar-refractivity contribution is 0.252. The fourth-order valence-corrected chi connectivity index (χ4v) is 2.47. The molecule has 1 N–H and O–H groups in total. The molecule has 2 heterocycles. The van der Waals surface area contributed by atoms with Gasteiger partial charge in [0.05, 0.1) is 12.8 Å². The number of furan rings is 1. The minimum atomic E-state index is 0.696. The van der Waals surface area contributed by atoms with Gasteiger partial charge in [-0.15, -0.1) is 0 Å². The molecule has 2 rings (SSSR count). The van der Waals surface area contributed by atoms with E-state index >= 15 is 0 Å². The van der Waals surface area contributed by atoms with Gasteiger partial charge in [-0.05, 0) is 33.1 Å². The van der Waals surface area contributed by atoms with Crippen LogP contribution in [0.3, 0.4) is 0 Å². The van der Waals surface area contributed by atoms with E-state index in [-0.39, 0.29) is 0 Å². The second-order valence-corrected chi connectivity index (χ2v) is 5.34. The van der Waals surface area contributed by atoms with Gasteiger partial charge in [-0.3, -0.25) is 4.90 Å². The van der Waals surface area contributed by atoms with Crippen molar-refractivity contribution < 1.29 is 4.42 Å². The number of hydrogen-bond donors (Lipinski definition) is 1. The van der Waals surface area contributed by atoms with E-state index in [4.69, 9.17) is 4.42 Å². The maximum Gasteiger partial charge on any atom is 0.118 e. The molecule has 1 fully saturated rings. The predicted octanol–water partition coefficient (Wildman–Crippen LogP) is 1.52. The van der Waals surface area contributed by atoms with E-state index < -0.39 is 0 Å². The molecule has 0 bridgehead atoms. The summed E-state index contributed by atoms with van der Waals surface area (Å²) in [5.41, 5.74) is 1.25. The Kier molecular flexibility index (Phi) is 4.80. The Labute approximate surface area is 110 Å². The van der Waals surface area contributed by atoms with Crippen molar-refractivity contribution in [3.8, 4) is 0 Å². The summed E-state index contributed by atoms with van der Waals surface area (Å²) in [5.74, 6) is 1.09. The van der Waals surface area contributed by atoms with Crippen LogP contribution < -0.4 is 5.32 Å². The lowest BCUT2D eigenvalue weighted by atomic mass is 10.2. The first kappa shape index (κ1) is 13.6. The summed E-state index contributed by atoms with van der Waals surface area (Å²) in [6.07, 6.45) is 3.13. The van der Waals surface area contributed by atoms with Crippen molar-refractivity contribution >= 4 is 0 Å². The van der Waals surface area contributed by atoms with Gasteiger partial charge in [0.2, 0.25) is 0 Å². The molecule has 0 aromatic carbocycles. The Morgan fingerprint density at radius 3 is 3.00 bits per heavy atom. The Hall–Kier alpha value is -0.840. The number of likely N-dealkylation sites (N-methyl/N-ethyl adjacent to an activating group) is 1. The van der Waals surface area contributed by atoms with Crippen LogP contribution in [0, 0.1) is 0 Å². The van der Waals surface area contributed by atoms with Crippen molar-refractivity contribution in [3.63, 3.8) is 0 Å². The van der Waals surface area contributed by atoms with Crippen LogP contribution >= 0.6 is 0 Å². The van der Waals surface area contributed by atoms with Crippen LogP contribution in [0.4, 0.5) is 0 Å². The van der Waals surface area contributed by atoms with Crippen LogP contribution in [0.5, 0.6) is 0 Å². The molecule has 0 radical (unpaired) electrons. The first-order valence-corrected chi connectivity index (χ1v) is 6.84. The minimum absolute atomic E-state index is 0.696. The maximum atomic E-state index is 5.62.